The lowest BCUT2D eigenvalue weighted by Crippen LogP contribution is -2.27. The number of halogens is 1. The minimum atomic E-state index is -0.168. The molecule has 2 rings (SSSR count). The maximum absolute atomic E-state index is 11.9. The third kappa shape index (κ3) is 4.84. The van der Waals surface area contributed by atoms with Crippen molar-refractivity contribution >= 4 is 33.2 Å². The van der Waals surface area contributed by atoms with Crippen molar-refractivity contribution in [1.82, 2.24) is 10.3 Å². The van der Waals surface area contributed by atoms with Gasteiger partial charge in [-0.25, -0.2) is 0 Å². The third-order valence-corrected chi connectivity index (χ3v) is 3.25. The van der Waals surface area contributed by atoms with Crippen LogP contribution in [-0.2, 0) is 4.74 Å². The molecule has 21 heavy (non-hydrogen) atoms. The predicted molar refractivity (Wildman–Crippen MR) is 85.9 cm³/mol. The van der Waals surface area contributed by atoms with Gasteiger partial charge >= 0.3 is 0 Å². The van der Waals surface area contributed by atoms with Crippen LogP contribution < -0.4 is 10.6 Å². The second-order valence-electron chi connectivity index (χ2n) is 4.34. The number of carbonyl (C=O) groups is 1. The van der Waals surface area contributed by atoms with Gasteiger partial charge in [-0.05, 0) is 30.3 Å². The van der Waals surface area contributed by atoms with E-state index >= 15 is 0 Å². The summed E-state index contributed by atoms with van der Waals surface area (Å²) in [5.74, 6) is -0.168. The molecule has 2 aromatic rings. The Hall–Kier alpha value is -1.92. The van der Waals surface area contributed by atoms with E-state index in [4.69, 9.17) is 4.74 Å². The zero-order chi connectivity index (χ0) is 15.1. The first-order valence-electron chi connectivity index (χ1n) is 6.44. The van der Waals surface area contributed by atoms with Crippen LogP contribution in [0.3, 0.4) is 0 Å². The molecule has 0 atom stereocenters. The summed E-state index contributed by atoms with van der Waals surface area (Å²) < 4.78 is 5.91. The topological polar surface area (TPSA) is 63.2 Å². The van der Waals surface area contributed by atoms with Gasteiger partial charge in [-0.15, -0.1) is 0 Å². The molecule has 1 aromatic heterocycles. The molecule has 0 unspecified atom stereocenters. The van der Waals surface area contributed by atoms with Gasteiger partial charge in [-0.2, -0.15) is 0 Å². The van der Waals surface area contributed by atoms with E-state index in [-0.39, 0.29) is 5.91 Å². The number of nitrogens with one attached hydrogen (secondary N) is 2. The van der Waals surface area contributed by atoms with Crippen molar-refractivity contribution in [3.8, 4) is 0 Å². The van der Waals surface area contributed by atoms with Crippen molar-refractivity contribution in [2.45, 2.75) is 0 Å². The standard InChI is InChI=1S/C15H16BrN3O2/c1-21-7-6-18-15(20)11-8-14(10-17-9-11)19-13-4-2-12(16)3-5-13/h2-5,8-10,19H,6-7H2,1H3,(H,18,20). The van der Waals surface area contributed by atoms with Crippen LogP contribution >= 0.6 is 15.9 Å². The van der Waals surface area contributed by atoms with Gasteiger partial charge in [-0.1, -0.05) is 15.9 Å². The molecule has 0 aliphatic heterocycles. The molecule has 0 aliphatic rings. The van der Waals surface area contributed by atoms with Gasteiger partial charge in [0, 0.05) is 30.0 Å². The summed E-state index contributed by atoms with van der Waals surface area (Å²) in [5.41, 5.74) is 2.20. The summed E-state index contributed by atoms with van der Waals surface area (Å²) in [7, 11) is 1.59. The van der Waals surface area contributed by atoms with Gasteiger partial charge < -0.3 is 15.4 Å². The Morgan fingerprint density at radius 3 is 2.71 bits per heavy atom. The highest BCUT2D eigenvalue weighted by atomic mass is 79.9. The number of aromatic nitrogens is 1. The van der Waals surface area contributed by atoms with Crippen LogP contribution in [0.4, 0.5) is 11.4 Å². The number of benzene rings is 1. The second kappa shape index (κ2) is 7.75. The first-order valence-corrected chi connectivity index (χ1v) is 7.23. The first-order chi connectivity index (χ1) is 10.2. The largest absolute Gasteiger partial charge is 0.383 e. The Balaban J connectivity index is 2.03. The lowest BCUT2D eigenvalue weighted by atomic mass is 10.2. The van der Waals surface area contributed by atoms with Gasteiger partial charge in [-0.3, -0.25) is 9.78 Å². The van der Waals surface area contributed by atoms with Gasteiger partial charge in [0.2, 0.25) is 0 Å². The molecule has 1 aromatic carbocycles. The van der Waals surface area contributed by atoms with Crippen molar-refractivity contribution in [2.24, 2.45) is 0 Å². The van der Waals surface area contributed by atoms with Crippen LogP contribution in [0.5, 0.6) is 0 Å². The molecule has 1 heterocycles. The highest BCUT2D eigenvalue weighted by Crippen LogP contribution is 2.19. The van der Waals surface area contributed by atoms with Gasteiger partial charge in [0.1, 0.15) is 0 Å². The summed E-state index contributed by atoms with van der Waals surface area (Å²) in [6.07, 6.45) is 3.21. The molecule has 1 amide bonds. The van der Waals surface area contributed by atoms with E-state index in [1.165, 1.54) is 6.20 Å². The molecule has 5 nitrogen and oxygen atoms in total. The Kier molecular flexibility index (Phi) is 5.71. The molecule has 0 bridgehead atoms. The second-order valence-corrected chi connectivity index (χ2v) is 5.26. The Morgan fingerprint density at radius 1 is 1.24 bits per heavy atom. The fraction of sp³-hybridized carbons (Fsp3) is 0.200. The summed E-state index contributed by atoms with van der Waals surface area (Å²) in [6.45, 7) is 0.954. The quantitative estimate of drug-likeness (QED) is 0.787. The SMILES string of the molecule is COCCNC(=O)c1cncc(Nc2ccc(Br)cc2)c1. The number of methoxy groups -OCH3 is 1. The molecule has 110 valence electrons. The monoisotopic (exact) mass is 349 g/mol. The minimum Gasteiger partial charge on any atom is -0.383 e. The highest BCUT2D eigenvalue weighted by Gasteiger charge is 2.06. The van der Waals surface area contributed by atoms with Crippen LogP contribution in [0.25, 0.3) is 0 Å². The molecule has 6 heteroatoms. The zero-order valence-electron chi connectivity index (χ0n) is 11.6. The number of nitrogens with zero attached hydrogens (tertiary/aromatic N) is 1. The number of hydrogen-bond acceptors (Lipinski definition) is 4. The molecule has 0 saturated carbocycles. The number of rotatable bonds is 6. The van der Waals surface area contributed by atoms with E-state index in [2.05, 4.69) is 31.5 Å². The molecule has 2 N–H and O–H groups in total. The van der Waals surface area contributed by atoms with Crippen molar-refractivity contribution in [1.29, 1.82) is 0 Å². The number of ether oxygens (including phenoxy) is 1. The number of hydrogen-bond donors (Lipinski definition) is 2. The molecule has 0 fully saturated rings. The Morgan fingerprint density at radius 2 is 2.00 bits per heavy atom. The maximum Gasteiger partial charge on any atom is 0.253 e. The van der Waals surface area contributed by atoms with Crippen LogP contribution in [0.1, 0.15) is 10.4 Å². The normalized spacial score (nSPS) is 10.2. The van der Waals surface area contributed by atoms with Gasteiger partial charge in [0.15, 0.2) is 0 Å². The van der Waals surface area contributed by atoms with Crippen molar-refractivity contribution in [3.05, 3.63) is 52.8 Å². The lowest BCUT2D eigenvalue weighted by Gasteiger charge is -2.08. The number of pyridine rings is 1. The van der Waals surface area contributed by atoms with E-state index in [1.54, 1.807) is 19.4 Å². The van der Waals surface area contributed by atoms with Crippen LogP contribution in [-0.4, -0.2) is 31.2 Å². The van der Waals surface area contributed by atoms with Crippen molar-refractivity contribution < 1.29 is 9.53 Å². The fourth-order valence-corrected chi connectivity index (χ4v) is 1.97. The summed E-state index contributed by atoms with van der Waals surface area (Å²) in [4.78, 5) is 16.0. The Labute approximate surface area is 131 Å². The molecular formula is C15H16BrN3O2. The summed E-state index contributed by atoms with van der Waals surface area (Å²) >= 11 is 3.39. The Bertz CT molecular complexity index is 602. The van der Waals surface area contributed by atoms with E-state index in [0.717, 1.165) is 15.8 Å². The molecule has 0 saturated heterocycles. The molecule has 0 aliphatic carbocycles. The van der Waals surface area contributed by atoms with E-state index in [9.17, 15) is 4.79 Å². The zero-order valence-corrected chi connectivity index (χ0v) is 13.2. The maximum atomic E-state index is 11.9. The van der Waals surface area contributed by atoms with Crippen LogP contribution in [0.15, 0.2) is 47.2 Å². The van der Waals surface area contributed by atoms with Crippen molar-refractivity contribution in [2.75, 3.05) is 25.6 Å². The van der Waals surface area contributed by atoms with Gasteiger partial charge in [0.05, 0.1) is 24.1 Å². The molecule has 0 radical (unpaired) electrons. The highest BCUT2D eigenvalue weighted by molar-refractivity contribution is 9.10. The lowest BCUT2D eigenvalue weighted by molar-refractivity contribution is 0.0937. The first kappa shape index (κ1) is 15.5. The predicted octanol–water partition coefficient (Wildman–Crippen LogP) is 2.96. The van der Waals surface area contributed by atoms with E-state index in [1.807, 2.05) is 24.3 Å². The van der Waals surface area contributed by atoms with Crippen LogP contribution in [0.2, 0.25) is 0 Å². The minimum absolute atomic E-state index is 0.168. The number of carbonyl (C=O) groups excluding carboxylic acids is 1. The van der Waals surface area contributed by atoms with Gasteiger partial charge in [0.25, 0.3) is 5.91 Å². The smallest absolute Gasteiger partial charge is 0.253 e. The molecule has 0 spiro atoms. The summed E-state index contributed by atoms with van der Waals surface area (Å²) in [6, 6.07) is 9.52. The number of anilines is 2. The van der Waals surface area contributed by atoms with E-state index < -0.39 is 0 Å². The summed E-state index contributed by atoms with van der Waals surface area (Å²) in [5, 5.41) is 5.97. The fourth-order valence-electron chi connectivity index (χ4n) is 1.70. The van der Waals surface area contributed by atoms with Crippen LogP contribution in [0, 0.1) is 0 Å². The van der Waals surface area contributed by atoms with E-state index in [0.29, 0.717) is 18.7 Å². The van der Waals surface area contributed by atoms with Crippen molar-refractivity contribution in [3.63, 3.8) is 0 Å². The molecular weight excluding hydrogens is 334 g/mol. The third-order valence-electron chi connectivity index (χ3n) is 2.73. The average Bonchev–Trinajstić information content (AvgIpc) is 2.50. The number of amides is 1. The average molecular weight is 350 g/mol.